The number of carbonyl (C=O) groups is 3. The molecule has 0 radical (unpaired) electrons. The molecule has 1 aliphatic heterocycles. The normalized spacial score (nSPS) is 15.3. The summed E-state index contributed by atoms with van der Waals surface area (Å²) in [4.78, 5) is 35.4. The van der Waals surface area contributed by atoms with Crippen molar-refractivity contribution in [2.24, 2.45) is 5.10 Å². The monoisotopic (exact) mass is 438 g/mol. The van der Waals surface area contributed by atoms with Crippen LogP contribution in [0.15, 0.2) is 59.7 Å². The van der Waals surface area contributed by atoms with Crippen molar-refractivity contribution in [3.8, 4) is 5.75 Å². The van der Waals surface area contributed by atoms with Crippen LogP contribution in [0.3, 0.4) is 0 Å². The van der Waals surface area contributed by atoms with Gasteiger partial charge in [0.2, 0.25) is 0 Å². The summed E-state index contributed by atoms with van der Waals surface area (Å²) in [6.07, 6.45) is 3.48. The molecule has 9 heteroatoms. The number of hydrogen-bond acceptors (Lipinski definition) is 6. The Hall–Kier alpha value is -3.72. The quantitative estimate of drug-likeness (QED) is 0.308. The van der Waals surface area contributed by atoms with E-state index in [0.29, 0.717) is 17.9 Å². The van der Waals surface area contributed by atoms with E-state index in [9.17, 15) is 14.4 Å². The minimum atomic E-state index is -0.855. The smallest absolute Gasteiger partial charge is 0.329 e. The molecule has 0 saturated carbocycles. The highest BCUT2D eigenvalue weighted by atomic mass is 16.5. The summed E-state index contributed by atoms with van der Waals surface area (Å²) < 4.78 is 10.9. The number of nitrogens with one attached hydrogen (secondary N) is 3. The highest BCUT2D eigenvalue weighted by Crippen LogP contribution is 2.12. The Balaban J connectivity index is 1.34. The molecule has 32 heavy (non-hydrogen) atoms. The van der Waals surface area contributed by atoms with Crippen LogP contribution < -0.4 is 20.8 Å². The first kappa shape index (κ1) is 23.0. The van der Waals surface area contributed by atoms with Crippen molar-refractivity contribution in [3.63, 3.8) is 0 Å². The molecule has 1 aliphatic rings. The van der Waals surface area contributed by atoms with Crippen LogP contribution >= 0.6 is 0 Å². The average molecular weight is 438 g/mol. The van der Waals surface area contributed by atoms with Crippen molar-refractivity contribution in [3.05, 3.63) is 65.7 Å². The first-order valence-corrected chi connectivity index (χ1v) is 10.4. The fraction of sp³-hybridized carbons (Fsp3) is 0.304. The molecular weight excluding hydrogens is 412 g/mol. The number of amides is 3. The third-order valence-corrected chi connectivity index (χ3v) is 4.68. The third kappa shape index (κ3) is 7.84. The van der Waals surface area contributed by atoms with Gasteiger partial charge in [-0.25, -0.2) is 5.43 Å². The largest absolute Gasteiger partial charge is 0.484 e. The maximum Gasteiger partial charge on any atom is 0.329 e. The second-order valence-electron chi connectivity index (χ2n) is 7.16. The first-order chi connectivity index (χ1) is 15.6. The summed E-state index contributed by atoms with van der Waals surface area (Å²) in [5.74, 6) is -1.31. The van der Waals surface area contributed by atoms with Crippen molar-refractivity contribution < 1.29 is 23.9 Å². The molecule has 0 aliphatic carbocycles. The number of carbonyl (C=O) groups excluding carboxylic acids is 3. The van der Waals surface area contributed by atoms with E-state index in [-0.39, 0.29) is 25.2 Å². The van der Waals surface area contributed by atoms with E-state index in [2.05, 4.69) is 21.2 Å². The average Bonchev–Trinajstić information content (AvgIpc) is 3.35. The van der Waals surface area contributed by atoms with Gasteiger partial charge in [-0.3, -0.25) is 14.4 Å². The zero-order chi connectivity index (χ0) is 22.6. The van der Waals surface area contributed by atoms with E-state index < -0.39 is 11.8 Å². The van der Waals surface area contributed by atoms with Gasteiger partial charge in [0.05, 0.1) is 12.3 Å². The number of nitrogens with zero attached hydrogens (tertiary/aromatic N) is 1. The second-order valence-corrected chi connectivity index (χ2v) is 7.16. The molecule has 3 rings (SSSR count). The molecule has 0 unspecified atom stereocenters. The molecule has 0 bridgehead atoms. The molecule has 1 saturated heterocycles. The van der Waals surface area contributed by atoms with Crippen LogP contribution in [0.5, 0.6) is 5.75 Å². The van der Waals surface area contributed by atoms with Gasteiger partial charge in [-0.1, -0.05) is 30.3 Å². The highest BCUT2D eigenvalue weighted by molar-refractivity contribution is 6.35. The van der Waals surface area contributed by atoms with Crippen molar-refractivity contribution in [2.45, 2.75) is 25.5 Å². The molecule has 0 spiro atoms. The van der Waals surface area contributed by atoms with E-state index in [0.717, 1.165) is 25.0 Å². The van der Waals surface area contributed by atoms with Crippen molar-refractivity contribution >= 4 is 23.9 Å². The lowest BCUT2D eigenvalue weighted by Crippen LogP contribution is -2.37. The van der Waals surface area contributed by atoms with Crippen LogP contribution in [0, 0.1) is 0 Å². The molecule has 1 atom stereocenters. The Bertz CT molecular complexity index is 925. The SMILES string of the molecule is O=C(COc1ccc(/C=N\NC(=O)C(=O)NCc2ccccc2)cc1)NC[C@@H]1CCCO1. The van der Waals surface area contributed by atoms with Crippen LogP contribution in [0.2, 0.25) is 0 Å². The predicted molar refractivity (Wildman–Crippen MR) is 118 cm³/mol. The minimum Gasteiger partial charge on any atom is -0.484 e. The van der Waals surface area contributed by atoms with Crippen LogP contribution in [0.25, 0.3) is 0 Å². The number of hydrazone groups is 1. The van der Waals surface area contributed by atoms with Crippen LogP contribution in [-0.4, -0.2) is 49.8 Å². The van der Waals surface area contributed by atoms with Gasteiger partial charge in [0, 0.05) is 19.7 Å². The standard InChI is InChI=1S/C23H26N4O5/c28-21(24-15-20-7-4-12-31-20)16-32-19-10-8-18(9-11-19)14-26-27-23(30)22(29)25-13-17-5-2-1-3-6-17/h1-3,5-6,8-11,14,20H,4,7,12-13,15-16H2,(H,24,28)(H,25,29)(H,27,30)/b26-14-/t20-/m0/s1. The van der Waals surface area contributed by atoms with Gasteiger partial charge in [-0.05, 0) is 48.2 Å². The van der Waals surface area contributed by atoms with Crippen LogP contribution in [0.1, 0.15) is 24.0 Å². The molecule has 3 amide bonds. The van der Waals surface area contributed by atoms with E-state index in [1.165, 1.54) is 6.21 Å². The zero-order valence-corrected chi connectivity index (χ0v) is 17.6. The molecule has 1 fully saturated rings. The van der Waals surface area contributed by atoms with E-state index in [1.54, 1.807) is 24.3 Å². The molecule has 2 aromatic carbocycles. The van der Waals surface area contributed by atoms with Gasteiger partial charge in [-0.2, -0.15) is 5.10 Å². The van der Waals surface area contributed by atoms with E-state index in [4.69, 9.17) is 9.47 Å². The lowest BCUT2D eigenvalue weighted by molar-refractivity contribution is -0.139. The first-order valence-electron chi connectivity index (χ1n) is 10.4. The Morgan fingerprint density at radius 3 is 2.53 bits per heavy atom. The van der Waals surface area contributed by atoms with Crippen LogP contribution in [0.4, 0.5) is 0 Å². The summed E-state index contributed by atoms with van der Waals surface area (Å²) >= 11 is 0. The van der Waals surface area contributed by atoms with Crippen molar-refractivity contribution in [1.82, 2.24) is 16.1 Å². The van der Waals surface area contributed by atoms with Gasteiger partial charge in [0.15, 0.2) is 6.61 Å². The fourth-order valence-corrected chi connectivity index (χ4v) is 2.96. The number of ether oxygens (including phenoxy) is 2. The van der Waals surface area contributed by atoms with Gasteiger partial charge in [0.1, 0.15) is 5.75 Å². The summed E-state index contributed by atoms with van der Waals surface area (Å²) in [5, 5.41) is 9.09. The maximum absolute atomic E-state index is 11.8. The molecule has 3 N–H and O–H groups in total. The number of hydrogen-bond donors (Lipinski definition) is 3. The Labute approximate surface area is 186 Å². The molecule has 1 heterocycles. The fourth-order valence-electron chi connectivity index (χ4n) is 2.96. The van der Waals surface area contributed by atoms with Crippen molar-refractivity contribution in [2.75, 3.05) is 19.8 Å². The second kappa shape index (κ2) is 12.2. The summed E-state index contributed by atoms with van der Waals surface area (Å²) in [7, 11) is 0. The number of benzene rings is 2. The van der Waals surface area contributed by atoms with Crippen LogP contribution in [-0.2, 0) is 25.7 Å². The van der Waals surface area contributed by atoms with E-state index >= 15 is 0 Å². The number of rotatable bonds is 9. The molecule has 168 valence electrons. The van der Waals surface area contributed by atoms with Gasteiger partial charge in [-0.15, -0.1) is 0 Å². The summed E-state index contributed by atoms with van der Waals surface area (Å²) in [6, 6.07) is 16.1. The molecule has 9 nitrogen and oxygen atoms in total. The predicted octanol–water partition coefficient (Wildman–Crippen LogP) is 1.13. The minimum absolute atomic E-state index is 0.0890. The van der Waals surface area contributed by atoms with Gasteiger partial charge >= 0.3 is 11.8 Å². The zero-order valence-electron chi connectivity index (χ0n) is 17.6. The lowest BCUT2D eigenvalue weighted by Gasteiger charge is -2.11. The topological polar surface area (TPSA) is 118 Å². The molecule has 2 aromatic rings. The molecule has 0 aromatic heterocycles. The highest BCUT2D eigenvalue weighted by Gasteiger charge is 2.16. The van der Waals surface area contributed by atoms with Gasteiger partial charge < -0.3 is 20.1 Å². The Kier molecular flexibility index (Phi) is 8.76. The van der Waals surface area contributed by atoms with E-state index in [1.807, 2.05) is 30.3 Å². The lowest BCUT2D eigenvalue weighted by atomic mass is 10.2. The van der Waals surface area contributed by atoms with Gasteiger partial charge in [0.25, 0.3) is 5.91 Å². The third-order valence-electron chi connectivity index (χ3n) is 4.68. The Morgan fingerprint density at radius 1 is 1.03 bits per heavy atom. The van der Waals surface area contributed by atoms with Crippen molar-refractivity contribution in [1.29, 1.82) is 0 Å². The molecular formula is C23H26N4O5. The summed E-state index contributed by atoms with van der Waals surface area (Å²) in [5.41, 5.74) is 3.76. The summed E-state index contributed by atoms with van der Waals surface area (Å²) in [6.45, 7) is 1.41. The Morgan fingerprint density at radius 2 is 1.81 bits per heavy atom. The maximum atomic E-state index is 11.8.